The number of nitrogen functional groups attached to an aromatic ring is 1. The molecule has 4 nitrogen and oxygen atoms in total. The highest BCUT2D eigenvalue weighted by Gasteiger charge is 2.27. The van der Waals surface area contributed by atoms with Gasteiger partial charge in [0.2, 0.25) is 0 Å². The molecular formula is C12H14F3N3O. The lowest BCUT2D eigenvalue weighted by Gasteiger charge is -2.09. The Morgan fingerprint density at radius 1 is 1.37 bits per heavy atom. The predicted octanol–water partition coefficient (Wildman–Crippen LogP) is 2.51. The third-order valence-electron chi connectivity index (χ3n) is 2.69. The molecule has 2 N–H and O–H groups in total. The first-order chi connectivity index (χ1) is 8.87. The normalized spacial score (nSPS) is 12.2. The zero-order valence-corrected chi connectivity index (χ0v) is 10.4. The minimum atomic E-state index is -4.29. The smallest absolute Gasteiger partial charge is 0.399 e. The van der Waals surface area contributed by atoms with E-state index in [0.717, 1.165) is 16.9 Å². The van der Waals surface area contributed by atoms with Gasteiger partial charge in [-0.2, -0.15) is 13.2 Å². The molecule has 0 fully saturated rings. The first-order valence-electron chi connectivity index (χ1n) is 5.74. The lowest BCUT2D eigenvalue weighted by molar-refractivity contribution is -0.174. The summed E-state index contributed by atoms with van der Waals surface area (Å²) in [7, 11) is 0. The Labute approximate surface area is 108 Å². The first-order valence-corrected chi connectivity index (χ1v) is 5.74. The maximum Gasteiger partial charge on any atom is 0.411 e. The van der Waals surface area contributed by atoms with E-state index in [0.29, 0.717) is 12.2 Å². The fourth-order valence-electron chi connectivity index (χ4n) is 1.89. The highest BCUT2D eigenvalue weighted by Crippen LogP contribution is 2.19. The van der Waals surface area contributed by atoms with Crippen molar-refractivity contribution in [2.45, 2.75) is 19.6 Å². The van der Waals surface area contributed by atoms with E-state index >= 15 is 0 Å². The number of hydrogen-bond donors (Lipinski definition) is 1. The molecule has 0 amide bonds. The summed E-state index contributed by atoms with van der Waals surface area (Å²) in [6.45, 7) is 0.865. The van der Waals surface area contributed by atoms with Crippen LogP contribution in [0.1, 0.15) is 5.82 Å². The Kier molecular flexibility index (Phi) is 3.66. The topological polar surface area (TPSA) is 53.1 Å². The average molecular weight is 273 g/mol. The molecule has 0 radical (unpaired) electrons. The third-order valence-corrected chi connectivity index (χ3v) is 2.69. The Morgan fingerprint density at radius 3 is 2.79 bits per heavy atom. The summed E-state index contributed by atoms with van der Waals surface area (Å²) in [5, 5.41) is 0. The van der Waals surface area contributed by atoms with Crippen molar-refractivity contribution in [1.82, 2.24) is 9.55 Å². The van der Waals surface area contributed by atoms with Crippen LogP contribution in [-0.2, 0) is 11.3 Å². The summed E-state index contributed by atoms with van der Waals surface area (Å²) in [6, 6.07) is 5.26. The van der Waals surface area contributed by atoms with Crippen molar-refractivity contribution >= 4 is 16.7 Å². The van der Waals surface area contributed by atoms with E-state index in [2.05, 4.69) is 9.72 Å². The summed E-state index contributed by atoms with van der Waals surface area (Å²) in [5.74, 6) is 0.719. The van der Waals surface area contributed by atoms with Gasteiger partial charge >= 0.3 is 6.18 Å². The van der Waals surface area contributed by atoms with E-state index in [9.17, 15) is 13.2 Å². The van der Waals surface area contributed by atoms with Crippen LogP contribution >= 0.6 is 0 Å². The maximum atomic E-state index is 11.9. The van der Waals surface area contributed by atoms with Crippen molar-refractivity contribution in [3.05, 3.63) is 24.0 Å². The van der Waals surface area contributed by atoms with Crippen molar-refractivity contribution in [3.63, 3.8) is 0 Å². The number of alkyl halides is 3. The number of rotatable bonds is 4. The molecule has 0 spiro atoms. The molecule has 2 aromatic rings. The molecule has 0 bridgehead atoms. The molecule has 1 aromatic carbocycles. The van der Waals surface area contributed by atoms with Gasteiger partial charge in [-0.25, -0.2) is 4.98 Å². The van der Waals surface area contributed by atoms with Crippen LogP contribution in [0.15, 0.2) is 18.2 Å². The second-order valence-electron chi connectivity index (χ2n) is 4.23. The van der Waals surface area contributed by atoms with Gasteiger partial charge in [-0.3, -0.25) is 0 Å². The van der Waals surface area contributed by atoms with Gasteiger partial charge in [0.1, 0.15) is 12.4 Å². The number of benzene rings is 1. The number of imidazole rings is 1. The molecule has 1 aromatic heterocycles. The van der Waals surface area contributed by atoms with Gasteiger partial charge in [-0.1, -0.05) is 0 Å². The van der Waals surface area contributed by atoms with Gasteiger partial charge in [-0.05, 0) is 25.1 Å². The molecule has 7 heteroatoms. The molecule has 0 aliphatic rings. The summed E-state index contributed by atoms with van der Waals surface area (Å²) in [5.41, 5.74) is 7.82. The number of halogens is 3. The monoisotopic (exact) mass is 273 g/mol. The second-order valence-corrected chi connectivity index (χ2v) is 4.23. The van der Waals surface area contributed by atoms with Gasteiger partial charge < -0.3 is 15.0 Å². The molecule has 0 aliphatic carbocycles. The van der Waals surface area contributed by atoms with Gasteiger partial charge in [0, 0.05) is 12.2 Å². The highest BCUT2D eigenvalue weighted by molar-refractivity contribution is 5.79. The SMILES string of the molecule is Cc1nc2cc(N)ccc2n1CCOCC(F)(F)F. The lowest BCUT2D eigenvalue weighted by atomic mass is 10.3. The van der Waals surface area contributed by atoms with Crippen molar-refractivity contribution in [1.29, 1.82) is 0 Å². The fourth-order valence-corrected chi connectivity index (χ4v) is 1.89. The van der Waals surface area contributed by atoms with E-state index in [1.165, 1.54) is 0 Å². The summed E-state index contributed by atoms with van der Waals surface area (Å²) < 4.78 is 42.2. The second kappa shape index (κ2) is 5.08. The number of aromatic nitrogens is 2. The van der Waals surface area contributed by atoms with E-state index in [-0.39, 0.29) is 6.61 Å². The number of ether oxygens (including phenoxy) is 1. The Bertz CT molecular complexity index is 577. The number of nitrogens with two attached hydrogens (primary N) is 1. The third kappa shape index (κ3) is 3.37. The molecule has 104 valence electrons. The molecule has 0 saturated heterocycles. The number of hydrogen-bond acceptors (Lipinski definition) is 3. The van der Waals surface area contributed by atoms with Crippen LogP contribution < -0.4 is 5.73 Å². The van der Waals surface area contributed by atoms with E-state index in [4.69, 9.17) is 5.73 Å². The van der Waals surface area contributed by atoms with Gasteiger partial charge in [0.25, 0.3) is 0 Å². The summed E-state index contributed by atoms with van der Waals surface area (Å²) >= 11 is 0. The lowest BCUT2D eigenvalue weighted by Crippen LogP contribution is -2.19. The quantitative estimate of drug-likeness (QED) is 0.688. The molecule has 0 atom stereocenters. The van der Waals surface area contributed by atoms with Crippen LogP contribution in [0.5, 0.6) is 0 Å². The van der Waals surface area contributed by atoms with Gasteiger partial charge in [-0.15, -0.1) is 0 Å². The zero-order valence-electron chi connectivity index (χ0n) is 10.4. The molecule has 0 aliphatic heterocycles. The Balaban J connectivity index is 2.06. The minimum absolute atomic E-state index is 0.0177. The van der Waals surface area contributed by atoms with Crippen LogP contribution in [0.25, 0.3) is 11.0 Å². The molecule has 0 unspecified atom stereocenters. The van der Waals surface area contributed by atoms with Crippen LogP contribution in [0, 0.1) is 6.92 Å². The van der Waals surface area contributed by atoms with Gasteiger partial charge in [0.15, 0.2) is 0 Å². The zero-order chi connectivity index (χ0) is 14.0. The van der Waals surface area contributed by atoms with Crippen molar-refractivity contribution in [2.24, 2.45) is 0 Å². The maximum absolute atomic E-state index is 11.9. The largest absolute Gasteiger partial charge is 0.411 e. The van der Waals surface area contributed by atoms with Crippen LogP contribution in [0.3, 0.4) is 0 Å². The molecule has 0 saturated carbocycles. The predicted molar refractivity (Wildman–Crippen MR) is 65.8 cm³/mol. The van der Waals surface area contributed by atoms with Crippen molar-refractivity contribution < 1.29 is 17.9 Å². The number of aryl methyl sites for hydroxylation is 1. The first kappa shape index (κ1) is 13.7. The van der Waals surface area contributed by atoms with E-state index in [1.807, 2.05) is 4.57 Å². The average Bonchev–Trinajstić information content (AvgIpc) is 2.58. The highest BCUT2D eigenvalue weighted by atomic mass is 19.4. The van der Waals surface area contributed by atoms with Crippen LogP contribution in [-0.4, -0.2) is 28.9 Å². The van der Waals surface area contributed by atoms with Crippen molar-refractivity contribution in [2.75, 3.05) is 18.9 Å². The van der Waals surface area contributed by atoms with Crippen LogP contribution in [0.2, 0.25) is 0 Å². The number of nitrogens with zero attached hydrogens (tertiary/aromatic N) is 2. The Hall–Kier alpha value is -1.76. The molecular weight excluding hydrogens is 259 g/mol. The number of fused-ring (bicyclic) bond motifs is 1. The van der Waals surface area contributed by atoms with Gasteiger partial charge in [0.05, 0.1) is 17.6 Å². The molecule has 1 heterocycles. The van der Waals surface area contributed by atoms with Crippen LogP contribution in [0.4, 0.5) is 18.9 Å². The van der Waals surface area contributed by atoms with E-state index in [1.54, 1.807) is 25.1 Å². The van der Waals surface area contributed by atoms with Crippen molar-refractivity contribution in [3.8, 4) is 0 Å². The molecule has 19 heavy (non-hydrogen) atoms. The fraction of sp³-hybridized carbons (Fsp3) is 0.417. The summed E-state index contributed by atoms with van der Waals surface area (Å²) in [4.78, 5) is 4.31. The standard InChI is InChI=1S/C12H14F3N3O/c1-8-17-10-6-9(16)2-3-11(10)18(8)4-5-19-7-12(13,14)15/h2-3,6H,4-5,7,16H2,1H3. The van der Waals surface area contributed by atoms with E-state index < -0.39 is 12.8 Å². The Morgan fingerprint density at radius 2 is 2.11 bits per heavy atom. The molecule has 2 rings (SSSR count). The minimum Gasteiger partial charge on any atom is -0.399 e. The summed E-state index contributed by atoms with van der Waals surface area (Å²) in [6.07, 6.45) is -4.29. The number of anilines is 1.